The van der Waals surface area contributed by atoms with Crippen molar-refractivity contribution in [1.29, 1.82) is 0 Å². The predicted octanol–water partition coefficient (Wildman–Crippen LogP) is -1.60. The van der Waals surface area contributed by atoms with Gasteiger partial charge in [-0.2, -0.15) is 0 Å². The Morgan fingerprint density at radius 3 is 2.29 bits per heavy atom. The second-order valence-corrected chi connectivity index (χ2v) is 6.60. The standard InChI is InChI=1S/C9H20N4O3S/c1-17(15,16)7-6-12-2-4-13(5-3-12)8-9(10)11-14/h14H,2-8H2,1H3,(H2,10,11). The Kier molecular flexibility index (Phi) is 5.16. The minimum atomic E-state index is -2.89. The first-order valence-electron chi connectivity index (χ1n) is 5.49. The number of piperazine rings is 1. The first-order chi connectivity index (χ1) is 7.90. The molecule has 1 aliphatic heterocycles. The summed E-state index contributed by atoms with van der Waals surface area (Å²) in [5.41, 5.74) is 5.42. The Hall–Kier alpha value is -0.860. The zero-order valence-corrected chi connectivity index (χ0v) is 10.9. The number of oxime groups is 1. The van der Waals surface area contributed by atoms with Crippen molar-refractivity contribution in [3.8, 4) is 0 Å². The fraction of sp³-hybridized carbons (Fsp3) is 0.889. The van der Waals surface area contributed by atoms with Crippen LogP contribution in [0, 0.1) is 0 Å². The van der Waals surface area contributed by atoms with Crippen LogP contribution in [0.15, 0.2) is 5.16 Å². The third-order valence-corrected chi connectivity index (χ3v) is 3.68. The van der Waals surface area contributed by atoms with E-state index in [1.54, 1.807) is 0 Å². The van der Waals surface area contributed by atoms with Crippen molar-refractivity contribution >= 4 is 15.7 Å². The zero-order chi connectivity index (χ0) is 12.9. The summed E-state index contributed by atoms with van der Waals surface area (Å²) in [6.07, 6.45) is 1.25. The van der Waals surface area contributed by atoms with Gasteiger partial charge in [0.15, 0.2) is 5.84 Å². The largest absolute Gasteiger partial charge is 0.409 e. The number of nitrogens with zero attached hydrogens (tertiary/aromatic N) is 3. The van der Waals surface area contributed by atoms with Crippen LogP contribution in [0.4, 0.5) is 0 Å². The molecule has 17 heavy (non-hydrogen) atoms. The molecule has 0 aromatic carbocycles. The van der Waals surface area contributed by atoms with E-state index in [1.165, 1.54) is 6.26 Å². The second-order valence-electron chi connectivity index (χ2n) is 4.34. The summed E-state index contributed by atoms with van der Waals surface area (Å²) in [4.78, 5) is 4.19. The Labute approximate surface area is 102 Å². The molecule has 1 saturated heterocycles. The molecule has 0 bridgehead atoms. The zero-order valence-electron chi connectivity index (χ0n) is 10.0. The molecule has 0 aliphatic carbocycles. The minimum Gasteiger partial charge on any atom is -0.409 e. The Balaban J connectivity index is 2.26. The number of sulfone groups is 1. The van der Waals surface area contributed by atoms with Crippen molar-refractivity contribution in [1.82, 2.24) is 9.80 Å². The topological polar surface area (TPSA) is 99.2 Å². The molecule has 0 saturated carbocycles. The molecular formula is C9H20N4O3S. The van der Waals surface area contributed by atoms with E-state index in [2.05, 4.69) is 15.0 Å². The maximum atomic E-state index is 11.0. The van der Waals surface area contributed by atoms with Gasteiger partial charge in [0.25, 0.3) is 0 Å². The highest BCUT2D eigenvalue weighted by atomic mass is 32.2. The third kappa shape index (κ3) is 5.85. The van der Waals surface area contributed by atoms with E-state index < -0.39 is 9.84 Å². The first kappa shape index (κ1) is 14.2. The number of rotatable bonds is 5. The molecule has 0 unspecified atom stereocenters. The average Bonchev–Trinajstić information content (AvgIpc) is 2.27. The van der Waals surface area contributed by atoms with Gasteiger partial charge in [0.2, 0.25) is 0 Å². The maximum Gasteiger partial charge on any atom is 0.153 e. The highest BCUT2D eigenvalue weighted by Gasteiger charge is 2.18. The Morgan fingerprint density at radius 1 is 1.29 bits per heavy atom. The highest BCUT2D eigenvalue weighted by Crippen LogP contribution is 2.01. The molecule has 0 aromatic rings. The summed E-state index contributed by atoms with van der Waals surface area (Å²) in [6, 6.07) is 0. The van der Waals surface area contributed by atoms with Crippen molar-refractivity contribution < 1.29 is 13.6 Å². The monoisotopic (exact) mass is 264 g/mol. The Morgan fingerprint density at radius 2 is 1.82 bits per heavy atom. The van der Waals surface area contributed by atoms with Crippen LogP contribution in [0.2, 0.25) is 0 Å². The summed E-state index contributed by atoms with van der Waals surface area (Å²) in [5.74, 6) is 0.405. The number of amidine groups is 1. The van der Waals surface area contributed by atoms with Crippen LogP contribution in [0.1, 0.15) is 0 Å². The van der Waals surface area contributed by atoms with Crippen molar-refractivity contribution in [2.75, 3.05) is 51.3 Å². The summed E-state index contributed by atoms with van der Waals surface area (Å²) in [6.45, 7) is 4.27. The lowest BCUT2D eigenvalue weighted by Gasteiger charge is -2.34. The molecule has 0 radical (unpaired) electrons. The lowest BCUT2D eigenvalue weighted by molar-refractivity contribution is 0.150. The van der Waals surface area contributed by atoms with Gasteiger partial charge in [-0.25, -0.2) is 8.42 Å². The van der Waals surface area contributed by atoms with Crippen LogP contribution >= 0.6 is 0 Å². The number of nitrogens with two attached hydrogens (primary N) is 1. The van der Waals surface area contributed by atoms with E-state index in [1.807, 2.05) is 0 Å². The molecule has 1 heterocycles. The molecular weight excluding hydrogens is 244 g/mol. The fourth-order valence-corrected chi connectivity index (χ4v) is 2.32. The maximum absolute atomic E-state index is 11.0. The molecule has 1 aliphatic rings. The van der Waals surface area contributed by atoms with Gasteiger partial charge < -0.3 is 10.9 Å². The van der Waals surface area contributed by atoms with Gasteiger partial charge in [0, 0.05) is 39.0 Å². The van der Waals surface area contributed by atoms with Crippen LogP contribution in [0.25, 0.3) is 0 Å². The molecule has 1 fully saturated rings. The molecule has 3 N–H and O–H groups in total. The van der Waals surface area contributed by atoms with E-state index in [9.17, 15) is 8.42 Å². The van der Waals surface area contributed by atoms with Crippen LogP contribution in [-0.2, 0) is 9.84 Å². The highest BCUT2D eigenvalue weighted by molar-refractivity contribution is 7.90. The molecule has 100 valence electrons. The second kappa shape index (κ2) is 6.18. The van der Waals surface area contributed by atoms with E-state index >= 15 is 0 Å². The molecule has 0 atom stereocenters. The van der Waals surface area contributed by atoms with Crippen molar-refractivity contribution in [2.24, 2.45) is 10.9 Å². The summed E-state index contributed by atoms with van der Waals surface area (Å²) in [7, 11) is -2.89. The summed E-state index contributed by atoms with van der Waals surface area (Å²) < 4.78 is 22.1. The number of hydrogen-bond acceptors (Lipinski definition) is 6. The van der Waals surface area contributed by atoms with Crippen LogP contribution < -0.4 is 5.73 Å². The molecule has 0 aromatic heterocycles. The quantitative estimate of drug-likeness (QED) is 0.268. The lowest BCUT2D eigenvalue weighted by atomic mass is 10.3. The van der Waals surface area contributed by atoms with Crippen LogP contribution in [0.3, 0.4) is 0 Å². The summed E-state index contributed by atoms with van der Waals surface area (Å²) >= 11 is 0. The Bertz CT molecular complexity index is 360. The van der Waals surface area contributed by atoms with Gasteiger partial charge in [-0.3, -0.25) is 9.80 Å². The lowest BCUT2D eigenvalue weighted by Crippen LogP contribution is -2.49. The van der Waals surface area contributed by atoms with E-state index in [-0.39, 0.29) is 11.6 Å². The summed E-state index contributed by atoms with van der Waals surface area (Å²) in [5, 5.41) is 11.4. The van der Waals surface area contributed by atoms with E-state index in [0.717, 1.165) is 26.2 Å². The predicted molar refractivity (Wildman–Crippen MR) is 66.0 cm³/mol. The molecule has 0 spiro atoms. The van der Waals surface area contributed by atoms with Crippen molar-refractivity contribution in [3.63, 3.8) is 0 Å². The van der Waals surface area contributed by atoms with Gasteiger partial charge in [-0.1, -0.05) is 5.16 Å². The van der Waals surface area contributed by atoms with Gasteiger partial charge in [0.05, 0.1) is 12.3 Å². The molecule has 1 rings (SSSR count). The smallest absolute Gasteiger partial charge is 0.153 e. The van der Waals surface area contributed by atoms with Crippen molar-refractivity contribution in [2.45, 2.75) is 0 Å². The third-order valence-electron chi connectivity index (χ3n) is 2.76. The SMILES string of the molecule is CS(=O)(=O)CCN1CCN(CC(N)=NO)CC1. The van der Waals surface area contributed by atoms with E-state index in [0.29, 0.717) is 13.1 Å². The molecule has 7 nitrogen and oxygen atoms in total. The van der Waals surface area contributed by atoms with E-state index in [4.69, 9.17) is 10.9 Å². The minimum absolute atomic E-state index is 0.202. The first-order valence-corrected chi connectivity index (χ1v) is 7.55. The van der Waals surface area contributed by atoms with Crippen LogP contribution in [0.5, 0.6) is 0 Å². The fourth-order valence-electron chi connectivity index (χ4n) is 1.73. The molecule has 0 amide bonds. The van der Waals surface area contributed by atoms with Crippen LogP contribution in [-0.4, -0.2) is 80.5 Å². The van der Waals surface area contributed by atoms with Gasteiger partial charge in [-0.05, 0) is 0 Å². The normalized spacial score (nSPS) is 20.6. The van der Waals surface area contributed by atoms with Gasteiger partial charge >= 0.3 is 0 Å². The molecule has 8 heteroatoms. The van der Waals surface area contributed by atoms with Crippen molar-refractivity contribution in [3.05, 3.63) is 0 Å². The van der Waals surface area contributed by atoms with Gasteiger partial charge in [-0.15, -0.1) is 0 Å². The number of hydrogen-bond donors (Lipinski definition) is 2. The average molecular weight is 264 g/mol. The van der Waals surface area contributed by atoms with Gasteiger partial charge in [0.1, 0.15) is 9.84 Å².